The summed E-state index contributed by atoms with van der Waals surface area (Å²) in [5, 5.41) is 6.59. The molecule has 1 fully saturated rings. The maximum absolute atomic E-state index is 15.3. The third kappa shape index (κ3) is 4.15. The number of nitrogens with two attached hydrogens (primary N) is 1. The summed E-state index contributed by atoms with van der Waals surface area (Å²) in [7, 11) is 0. The van der Waals surface area contributed by atoms with E-state index < -0.39 is 28.9 Å². The molecule has 2 aromatic carbocycles. The van der Waals surface area contributed by atoms with Gasteiger partial charge in [-0.3, -0.25) is 19.6 Å². The summed E-state index contributed by atoms with van der Waals surface area (Å²) in [6, 6.07) is 9.09. The molecule has 0 bridgehead atoms. The number of aromatic nitrogens is 4. The maximum atomic E-state index is 15.3. The van der Waals surface area contributed by atoms with Gasteiger partial charge in [-0.15, -0.1) is 0 Å². The number of hydrogen-bond acceptors (Lipinski definition) is 6. The molecule has 1 aliphatic rings. The van der Waals surface area contributed by atoms with E-state index in [0.717, 1.165) is 17.0 Å². The molecule has 4 aromatic rings. The molecule has 1 saturated carbocycles. The highest BCUT2D eigenvalue weighted by Crippen LogP contribution is 2.49. The normalized spacial score (nSPS) is 13.8. The number of primary amides is 1. The first-order valence-electron chi connectivity index (χ1n) is 11.0. The highest BCUT2D eigenvalue weighted by atomic mass is 19.1. The van der Waals surface area contributed by atoms with Crippen molar-refractivity contribution in [2.45, 2.75) is 19.8 Å². The van der Waals surface area contributed by atoms with Crippen molar-refractivity contribution in [2.75, 3.05) is 4.90 Å². The predicted molar refractivity (Wildman–Crippen MR) is 125 cm³/mol. The van der Waals surface area contributed by atoms with E-state index in [2.05, 4.69) is 20.2 Å². The van der Waals surface area contributed by atoms with Gasteiger partial charge in [-0.25, -0.2) is 13.8 Å². The summed E-state index contributed by atoms with van der Waals surface area (Å²) in [6.45, 7) is 1.62. The second kappa shape index (κ2) is 8.84. The molecule has 2 heterocycles. The Morgan fingerprint density at radius 2 is 1.89 bits per heavy atom. The average Bonchev–Trinajstić information content (AvgIpc) is 3.50. The van der Waals surface area contributed by atoms with Crippen molar-refractivity contribution in [1.29, 1.82) is 0 Å². The van der Waals surface area contributed by atoms with Crippen LogP contribution in [0.15, 0.2) is 61.1 Å². The second-order valence-electron chi connectivity index (χ2n) is 8.45. The van der Waals surface area contributed by atoms with Gasteiger partial charge in [0.05, 0.1) is 17.6 Å². The highest BCUT2D eigenvalue weighted by molar-refractivity contribution is 6.16. The summed E-state index contributed by atoms with van der Waals surface area (Å²) in [5.41, 5.74) is 5.72. The number of carbonyl (C=O) groups is 2. The lowest BCUT2D eigenvalue weighted by Crippen LogP contribution is -2.41. The lowest BCUT2D eigenvalue weighted by molar-refractivity contribution is -0.133. The number of aromatic amines is 1. The van der Waals surface area contributed by atoms with Crippen molar-refractivity contribution < 1.29 is 23.1 Å². The first kappa shape index (κ1) is 23.1. The molecule has 0 aliphatic heterocycles. The van der Waals surface area contributed by atoms with Crippen LogP contribution in [-0.4, -0.2) is 32.0 Å². The molecule has 0 radical (unpaired) electrons. The lowest BCUT2D eigenvalue weighted by Gasteiger charge is -2.27. The molecular weight excluding hydrogens is 470 g/mol. The molecule has 3 N–H and O–H groups in total. The SMILES string of the molecule is Cc1cc(F)c(N(C(=O)C2(C(N)=O)CC2)c2ccc(F)cc2)cc1Oc1nccc(-c2cn[nH]c2)n1. The Bertz CT molecular complexity index is 1450. The van der Waals surface area contributed by atoms with Crippen molar-refractivity contribution in [1.82, 2.24) is 20.2 Å². The van der Waals surface area contributed by atoms with E-state index in [1.54, 1.807) is 25.4 Å². The number of amides is 2. The van der Waals surface area contributed by atoms with Crippen LogP contribution >= 0.6 is 0 Å². The highest BCUT2D eigenvalue weighted by Gasteiger charge is 2.57. The van der Waals surface area contributed by atoms with Gasteiger partial charge in [0, 0.05) is 29.7 Å². The second-order valence-corrected chi connectivity index (χ2v) is 8.45. The summed E-state index contributed by atoms with van der Waals surface area (Å²) in [5.74, 6) is -2.60. The van der Waals surface area contributed by atoms with Crippen LogP contribution < -0.4 is 15.4 Å². The number of anilines is 2. The van der Waals surface area contributed by atoms with E-state index in [-0.39, 0.29) is 36.0 Å². The van der Waals surface area contributed by atoms with Gasteiger partial charge in [-0.05, 0) is 61.7 Å². The topological polar surface area (TPSA) is 127 Å². The van der Waals surface area contributed by atoms with Gasteiger partial charge in [0.25, 0.3) is 0 Å². The fourth-order valence-corrected chi connectivity index (χ4v) is 3.82. The van der Waals surface area contributed by atoms with Gasteiger partial charge >= 0.3 is 6.01 Å². The average molecular weight is 490 g/mol. The van der Waals surface area contributed by atoms with E-state index in [9.17, 15) is 14.0 Å². The van der Waals surface area contributed by atoms with Crippen LogP contribution in [0.3, 0.4) is 0 Å². The number of carbonyl (C=O) groups excluding carboxylic acids is 2. The Balaban J connectivity index is 1.57. The van der Waals surface area contributed by atoms with E-state index >= 15 is 4.39 Å². The minimum Gasteiger partial charge on any atom is -0.424 e. The monoisotopic (exact) mass is 490 g/mol. The van der Waals surface area contributed by atoms with Crippen molar-refractivity contribution in [3.8, 4) is 23.0 Å². The molecule has 36 heavy (non-hydrogen) atoms. The molecule has 2 aromatic heterocycles. The van der Waals surface area contributed by atoms with E-state index in [0.29, 0.717) is 16.8 Å². The van der Waals surface area contributed by atoms with E-state index in [1.807, 2.05) is 0 Å². The molecule has 2 amide bonds. The van der Waals surface area contributed by atoms with E-state index in [1.165, 1.54) is 30.5 Å². The van der Waals surface area contributed by atoms with Crippen LogP contribution in [-0.2, 0) is 9.59 Å². The van der Waals surface area contributed by atoms with Crippen molar-refractivity contribution in [2.24, 2.45) is 11.1 Å². The number of hydrogen-bond donors (Lipinski definition) is 2. The molecule has 11 heteroatoms. The van der Waals surface area contributed by atoms with Crippen molar-refractivity contribution in [3.63, 3.8) is 0 Å². The summed E-state index contributed by atoms with van der Waals surface area (Å²) in [6.07, 6.45) is 5.23. The number of benzene rings is 2. The van der Waals surface area contributed by atoms with Gasteiger partial charge in [-0.2, -0.15) is 10.1 Å². The summed E-state index contributed by atoms with van der Waals surface area (Å²) < 4.78 is 34.8. The Morgan fingerprint density at radius 3 is 2.53 bits per heavy atom. The smallest absolute Gasteiger partial charge is 0.322 e. The van der Waals surface area contributed by atoms with Crippen molar-refractivity contribution >= 4 is 23.2 Å². The quantitative estimate of drug-likeness (QED) is 0.374. The zero-order valence-electron chi connectivity index (χ0n) is 19.0. The van der Waals surface area contributed by atoms with Crippen LogP contribution in [0.1, 0.15) is 18.4 Å². The van der Waals surface area contributed by atoms with Crippen LogP contribution in [0.4, 0.5) is 20.2 Å². The van der Waals surface area contributed by atoms with Crippen LogP contribution in [0.2, 0.25) is 0 Å². The molecule has 0 atom stereocenters. The first-order chi connectivity index (χ1) is 17.3. The van der Waals surface area contributed by atoms with Crippen molar-refractivity contribution in [3.05, 3.63) is 78.3 Å². The number of H-pyrrole nitrogens is 1. The number of nitrogens with zero attached hydrogens (tertiary/aromatic N) is 4. The molecule has 182 valence electrons. The Hall–Kier alpha value is -4.67. The predicted octanol–water partition coefficient (Wildman–Crippen LogP) is 4.18. The van der Waals surface area contributed by atoms with Crippen LogP contribution in [0.25, 0.3) is 11.3 Å². The minimum atomic E-state index is -1.45. The zero-order chi connectivity index (χ0) is 25.4. The number of ether oxygens (including phenoxy) is 1. The van der Waals surface area contributed by atoms with Crippen LogP contribution in [0, 0.1) is 24.0 Å². The number of aryl methyl sites for hydroxylation is 1. The number of nitrogens with one attached hydrogen (secondary N) is 1. The zero-order valence-corrected chi connectivity index (χ0v) is 19.0. The molecule has 0 unspecified atom stereocenters. The molecule has 0 saturated heterocycles. The third-order valence-corrected chi connectivity index (χ3v) is 6.03. The van der Waals surface area contributed by atoms with Gasteiger partial charge in [-0.1, -0.05) is 0 Å². The number of halogens is 2. The first-order valence-corrected chi connectivity index (χ1v) is 11.0. The van der Waals surface area contributed by atoms with Crippen LogP contribution in [0.5, 0.6) is 11.8 Å². The van der Waals surface area contributed by atoms with Gasteiger partial charge in [0.1, 0.15) is 22.8 Å². The minimum absolute atomic E-state index is 0.00943. The standard InChI is InChI=1S/C25H20F2N6O3/c1-14-10-18(27)20(11-21(14)36-24-29-9-6-19(32-24)15-12-30-31-13-15)33(17-4-2-16(26)3-5-17)23(35)25(7-8-25)22(28)34/h2-6,9-13H,7-8H2,1H3,(H2,28,34)(H,30,31). The molecule has 1 aliphatic carbocycles. The molecule has 5 rings (SSSR count). The van der Waals surface area contributed by atoms with Gasteiger partial charge in [0.15, 0.2) is 0 Å². The van der Waals surface area contributed by atoms with Gasteiger partial charge < -0.3 is 10.5 Å². The fourth-order valence-electron chi connectivity index (χ4n) is 3.82. The summed E-state index contributed by atoms with van der Waals surface area (Å²) >= 11 is 0. The Labute approximate surface area is 203 Å². The summed E-state index contributed by atoms with van der Waals surface area (Å²) in [4.78, 5) is 35.1. The Kier molecular flexibility index (Phi) is 5.67. The largest absolute Gasteiger partial charge is 0.424 e. The third-order valence-electron chi connectivity index (χ3n) is 6.03. The lowest BCUT2D eigenvalue weighted by atomic mass is 10.0. The molecule has 0 spiro atoms. The van der Waals surface area contributed by atoms with E-state index in [4.69, 9.17) is 10.5 Å². The molecule has 9 nitrogen and oxygen atoms in total. The fraction of sp³-hybridized carbons (Fsp3) is 0.160. The van der Waals surface area contributed by atoms with Gasteiger partial charge in [0.2, 0.25) is 11.8 Å². The number of rotatable bonds is 7. The Morgan fingerprint density at radius 1 is 1.14 bits per heavy atom. The maximum Gasteiger partial charge on any atom is 0.322 e. The molecular formula is C25H20F2N6O3.